The Hall–Kier alpha value is -1.43. The van der Waals surface area contributed by atoms with E-state index in [1.54, 1.807) is 4.90 Å². The maximum atomic E-state index is 10.7. The fraction of sp³-hybridized carbons (Fsp3) is 0.727. The first-order chi connectivity index (χ1) is 8.01. The number of rotatable bonds is 7. The normalized spacial score (nSPS) is 11.4. The summed E-state index contributed by atoms with van der Waals surface area (Å²) in [5, 5.41) is 16.6. The molecule has 0 aliphatic heterocycles. The lowest BCUT2D eigenvalue weighted by molar-refractivity contribution is -0.138. The van der Waals surface area contributed by atoms with Crippen LogP contribution in [0.2, 0.25) is 0 Å². The topological polar surface area (TPSA) is 79.5 Å². The first-order valence-electron chi connectivity index (χ1n) is 5.76. The summed E-state index contributed by atoms with van der Waals surface area (Å²) < 4.78 is 5.37. The third kappa shape index (κ3) is 4.95. The van der Waals surface area contributed by atoms with Crippen molar-refractivity contribution >= 4 is 5.97 Å². The van der Waals surface area contributed by atoms with E-state index in [1.165, 1.54) is 0 Å². The molecule has 0 saturated heterocycles. The van der Waals surface area contributed by atoms with Crippen molar-refractivity contribution in [3.05, 3.63) is 11.8 Å². The number of aryl methyl sites for hydroxylation is 1. The Kier molecular flexibility index (Phi) is 5.09. The third-order valence-electron chi connectivity index (χ3n) is 2.15. The molecule has 1 aromatic rings. The molecule has 0 atom stereocenters. The van der Waals surface area contributed by atoms with Gasteiger partial charge in [0.25, 0.3) is 0 Å². The van der Waals surface area contributed by atoms with Crippen molar-refractivity contribution in [2.45, 2.75) is 33.7 Å². The van der Waals surface area contributed by atoms with E-state index in [1.807, 2.05) is 20.8 Å². The molecule has 0 bridgehead atoms. The van der Waals surface area contributed by atoms with Crippen molar-refractivity contribution in [1.82, 2.24) is 15.1 Å². The van der Waals surface area contributed by atoms with Crippen LogP contribution >= 0.6 is 0 Å². The summed E-state index contributed by atoms with van der Waals surface area (Å²) in [6.45, 7) is 7.08. The highest BCUT2D eigenvalue weighted by atomic mass is 16.4. The monoisotopic (exact) mass is 241 g/mol. The Morgan fingerprint density at radius 3 is 2.53 bits per heavy atom. The van der Waals surface area contributed by atoms with Gasteiger partial charge in [-0.1, -0.05) is 20.8 Å². The molecule has 0 aliphatic rings. The summed E-state index contributed by atoms with van der Waals surface area (Å²) in [6.07, 6.45) is 0.691. The number of hydrogen-bond acceptors (Lipinski definition) is 5. The van der Waals surface area contributed by atoms with E-state index >= 15 is 0 Å². The van der Waals surface area contributed by atoms with Crippen molar-refractivity contribution in [2.75, 3.05) is 13.1 Å². The van der Waals surface area contributed by atoms with Crippen LogP contribution in [0, 0.1) is 5.92 Å². The molecule has 1 aromatic heterocycles. The van der Waals surface area contributed by atoms with Gasteiger partial charge in [0.1, 0.15) is 0 Å². The van der Waals surface area contributed by atoms with E-state index in [0.717, 1.165) is 0 Å². The van der Waals surface area contributed by atoms with Crippen LogP contribution in [0.25, 0.3) is 0 Å². The smallest absolute Gasteiger partial charge is 0.317 e. The Bertz CT molecular complexity index is 363. The molecule has 0 amide bonds. The average molecular weight is 241 g/mol. The van der Waals surface area contributed by atoms with Crippen LogP contribution in [-0.2, 0) is 17.8 Å². The fourth-order valence-corrected chi connectivity index (χ4v) is 1.58. The molecule has 0 fully saturated rings. The highest BCUT2D eigenvalue weighted by Gasteiger charge is 2.15. The lowest BCUT2D eigenvalue weighted by atomic mass is 10.2. The highest BCUT2D eigenvalue weighted by molar-refractivity contribution is 5.69. The van der Waals surface area contributed by atoms with Crippen LogP contribution in [0.4, 0.5) is 0 Å². The minimum atomic E-state index is -0.846. The summed E-state index contributed by atoms with van der Waals surface area (Å²) in [4.78, 5) is 12.5. The van der Waals surface area contributed by atoms with E-state index in [0.29, 0.717) is 37.2 Å². The SMILES string of the molecule is CCc1nnc(CN(CC(=O)O)CC(C)C)o1. The van der Waals surface area contributed by atoms with Gasteiger partial charge in [0.2, 0.25) is 11.8 Å². The molecular weight excluding hydrogens is 222 g/mol. The fourth-order valence-electron chi connectivity index (χ4n) is 1.58. The number of carbonyl (C=O) groups is 1. The zero-order valence-corrected chi connectivity index (χ0v) is 10.5. The molecule has 0 spiro atoms. The average Bonchev–Trinajstić information content (AvgIpc) is 2.63. The maximum absolute atomic E-state index is 10.7. The second-order valence-corrected chi connectivity index (χ2v) is 4.40. The molecule has 17 heavy (non-hydrogen) atoms. The van der Waals surface area contributed by atoms with Crippen LogP contribution in [-0.4, -0.2) is 39.3 Å². The van der Waals surface area contributed by atoms with Gasteiger partial charge in [-0.25, -0.2) is 0 Å². The summed E-state index contributed by atoms with van der Waals surface area (Å²) in [5.41, 5.74) is 0. The standard InChI is InChI=1S/C11H19N3O3/c1-4-9-12-13-10(17-9)6-14(5-8(2)3)7-11(15)16/h8H,4-7H2,1-3H3,(H,15,16). The lowest BCUT2D eigenvalue weighted by Crippen LogP contribution is -2.32. The molecule has 0 aliphatic carbocycles. The number of aromatic nitrogens is 2. The van der Waals surface area contributed by atoms with E-state index in [4.69, 9.17) is 9.52 Å². The van der Waals surface area contributed by atoms with E-state index in [2.05, 4.69) is 10.2 Å². The third-order valence-corrected chi connectivity index (χ3v) is 2.15. The Labute approximate surface area is 101 Å². The number of hydrogen-bond donors (Lipinski definition) is 1. The summed E-state index contributed by atoms with van der Waals surface area (Å²) in [7, 11) is 0. The van der Waals surface area contributed by atoms with E-state index in [-0.39, 0.29) is 6.54 Å². The molecule has 0 aromatic carbocycles. The van der Waals surface area contributed by atoms with Crippen LogP contribution in [0.5, 0.6) is 0 Å². The van der Waals surface area contributed by atoms with Gasteiger partial charge >= 0.3 is 5.97 Å². The van der Waals surface area contributed by atoms with Crippen molar-refractivity contribution < 1.29 is 14.3 Å². The van der Waals surface area contributed by atoms with E-state index < -0.39 is 5.97 Å². The summed E-state index contributed by atoms with van der Waals surface area (Å²) in [5.74, 6) is 0.604. The first-order valence-corrected chi connectivity index (χ1v) is 5.76. The predicted octanol–water partition coefficient (Wildman–Crippen LogP) is 1.17. The van der Waals surface area contributed by atoms with E-state index in [9.17, 15) is 4.79 Å². The molecule has 1 N–H and O–H groups in total. The van der Waals surface area contributed by atoms with Gasteiger partial charge in [0.05, 0.1) is 13.1 Å². The van der Waals surface area contributed by atoms with Gasteiger partial charge in [-0.2, -0.15) is 0 Å². The Morgan fingerprint density at radius 1 is 1.41 bits per heavy atom. The van der Waals surface area contributed by atoms with Crippen LogP contribution in [0.15, 0.2) is 4.42 Å². The molecule has 1 heterocycles. The quantitative estimate of drug-likeness (QED) is 0.772. The first kappa shape index (κ1) is 13.6. The van der Waals surface area contributed by atoms with Gasteiger partial charge in [-0.15, -0.1) is 10.2 Å². The van der Waals surface area contributed by atoms with Crippen LogP contribution < -0.4 is 0 Å². The second-order valence-electron chi connectivity index (χ2n) is 4.40. The molecule has 0 radical (unpaired) electrons. The predicted molar refractivity (Wildman–Crippen MR) is 61.4 cm³/mol. The number of nitrogens with zero attached hydrogens (tertiary/aromatic N) is 3. The molecular formula is C11H19N3O3. The lowest BCUT2D eigenvalue weighted by Gasteiger charge is -2.20. The largest absolute Gasteiger partial charge is 0.480 e. The molecule has 1 rings (SSSR count). The van der Waals surface area contributed by atoms with Crippen LogP contribution in [0.1, 0.15) is 32.6 Å². The van der Waals surface area contributed by atoms with Crippen molar-refractivity contribution in [2.24, 2.45) is 5.92 Å². The Morgan fingerprint density at radius 2 is 2.06 bits per heavy atom. The number of carboxylic acid groups (broad SMARTS) is 1. The summed E-state index contributed by atoms with van der Waals surface area (Å²) in [6, 6.07) is 0. The van der Waals surface area contributed by atoms with Crippen LogP contribution in [0.3, 0.4) is 0 Å². The molecule has 0 unspecified atom stereocenters. The van der Waals surface area contributed by atoms with Gasteiger partial charge in [-0.05, 0) is 5.92 Å². The van der Waals surface area contributed by atoms with Gasteiger partial charge in [-0.3, -0.25) is 9.69 Å². The molecule has 6 nitrogen and oxygen atoms in total. The van der Waals surface area contributed by atoms with Crippen molar-refractivity contribution in [1.29, 1.82) is 0 Å². The van der Waals surface area contributed by atoms with Gasteiger partial charge in [0.15, 0.2) is 0 Å². The number of aliphatic carboxylic acids is 1. The maximum Gasteiger partial charge on any atom is 0.317 e. The van der Waals surface area contributed by atoms with Crippen molar-refractivity contribution in [3.8, 4) is 0 Å². The molecule has 96 valence electrons. The molecule has 6 heteroatoms. The Balaban J connectivity index is 2.60. The highest BCUT2D eigenvalue weighted by Crippen LogP contribution is 2.07. The minimum Gasteiger partial charge on any atom is -0.480 e. The molecule has 0 saturated carbocycles. The minimum absolute atomic E-state index is 0.0119. The summed E-state index contributed by atoms with van der Waals surface area (Å²) >= 11 is 0. The zero-order chi connectivity index (χ0) is 12.8. The van der Waals surface area contributed by atoms with Gasteiger partial charge in [0, 0.05) is 13.0 Å². The zero-order valence-electron chi connectivity index (χ0n) is 10.5. The van der Waals surface area contributed by atoms with Crippen molar-refractivity contribution in [3.63, 3.8) is 0 Å². The number of carboxylic acids is 1. The van der Waals surface area contributed by atoms with Gasteiger partial charge < -0.3 is 9.52 Å². The second kappa shape index (κ2) is 6.34.